The summed E-state index contributed by atoms with van der Waals surface area (Å²) in [6, 6.07) is 5.87. The zero-order valence-electron chi connectivity index (χ0n) is 10.4. The van der Waals surface area contributed by atoms with E-state index >= 15 is 0 Å². The first-order valence-electron chi connectivity index (χ1n) is 5.62. The van der Waals surface area contributed by atoms with Gasteiger partial charge in [0, 0.05) is 11.8 Å². The number of methoxy groups -OCH3 is 2. The molecule has 0 fully saturated rings. The fraction of sp³-hybridized carbons (Fsp3) is 0.462. The van der Waals surface area contributed by atoms with Gasteiger partial charge in [-0.1, -0.05) is 6.07 Å². The number of carbonyl (C=O) groups excluding carboxylic acids is 1. The smallest absolute Gasteiger partial charge is 0.331 e. The summed E-state index contributed by atoms with van der Waals surface area (Å²) in [5.41, 5.74) is 1.50. The lowest BCUT2D eigenvalue weighted by atomic mass is 9.88. The summed E-state index contributed by atoms with van der Waals surface area (Å²) < 4.78 is 10.0. The molecule has 0 saturated carbocycles. The zero-order valence-corrected chi connectivity index (χ0v) is 10.4. The van der Waals surface area contributed by atoms with E-state index in [0.717, 1.165) is 24.3 Å². The molecule has 1 atom stereocenters. The first-order valence-corrected chi connectivity index (χ1v) is 5.62. The molecule has 1 aliphatic rings. The quantitative estimate of drug-likeness (QED) is 0.796. The van der Waals surface area contributed by atoms with E-state index in [4.69, 9.17) is 9.47 Å². The van der Waals surface area contributed by atoms with E-state index in [1.807, 2.05) is 25.1 Å². The van der Waals surface area contributed by atoms with E-state index in [1.165, 1.54) is 12.7 Å². The molecular formula is C13H17NO3. The van der Waals surface area contributed by atoms with Gasteiger partial charge in [0.2, 0.25) is 0 Å². The van der Waals surface area contributed by atoms with Crippen molar-refractivity contribution in [3.8, 4) is 5.75 Å². The maximum Gasteiger partial charge on any atom is 0.331 e. The Morgan fingerprint density at radius 1 is 1.41 bits per heavy atom. The third-order valence-corrected chi connectivity index (χ3v) is 3.26. The van der Waals surface area contributed by atoms with Crippen LogP contribution in [-0.4, -0.2) is 25.7 Å². The molecule has 0 bridgehead atoms. The van der Waals surface area contributed by atoms with Crippen LogP contribution in [0.3, 0.4) is 0 Å². The molecule has 92 valence electrons. The molecule has 1 heterocycles. The predicted octanol–water partition coefficient (Wildman–Crippen LogP) is 1.98. The summed E-state index contributed by atoms with van der Waals surface area (Å²) in [5, 5.41) is 3.24. The number of aryl methyl sites for hydroxylation is 1. The largest absolute Gasteiger partial charge is 0.497 e. The Bertz CT molecular complexity index is 444. The van der Waals surface area contributed by atoms with E-state index in [0.29, 0.717) is 0 Å². The van der Waals surface area contributed by atoms with Gasteiger partial charge in [-0.15, -0.1) is 0 Å². The van der Waals surface area contributed by atoms with Crippen molar-refractivity contribution in [2.24, 2.45) is 0 Å². The molecule has 4 heteroatoms. The van der Waals surface area contributed by atoms with Crippen LogP contribution in [0.2, 0.25) is 0 Å². The third-order valence-electron chi connectivity index (χ3n) is 3.26. The summed E-state index contributed by atoms with van der Waals surface area (Å²) >= 11 is 0. The summed E-state index contributed by atoms with van der Waals surface area (Å²) in [6.45, 7) is 1.86. The summed E-state index contributed by atoms with van der Waals surface area (Å²) in [5.74, 6) is 0.552. The molecule has 0 aliphatic carbocycles. The molecule has 1 aliphatic heterocycles. The fourth-order valence-corrected chi connectivity index (χ4v) is 2.14. The monoisotopic (exact) mass is 235 g/mol. The van der Waals surface area contributed by atoms with Crippen molar-refractivity contribution in [3.05, 3.63) is 23.8 Å². The van der Waals surface area contributed by atoms with E-state index in [1.54, 1.807) is 7.11 Å². The van der Waals surface area contributed by atoms with E-state index in [-0.39, 0.29) is 5.97 Å². The minimum atomic E-state index is -0.645. The molecule has 2 rings (SSSR count). The van der Waals surface area contributed by atoms with Gasteiger partial charge in [-0.3, -0.25) is 0 Å². The van der Waals surface area contributed by atoms with Gasteiger partial charge in [0.25, 0.3) is 0 Å². The van der Waals surface area contributed by atoms with Crippen molar-refractivity contribution in [3.63, 3.8) is 0 Å². The Morgan fingerprint density at radius 2 is 2.18 bits per heavy atom. The second-order valence-electron chi connectivity index (χ2n) is 4.47. The van der Waals surface area contributed by atoms with Crippen molar-refractivity contribution in [2.45, 2.75) is 25.3 Å². The number of hydrogen-bond acceptors (Lipinski definition) is 4. The van der Waals surface area contributed by atoms with E-state index < -0.39 is 5.54 Å². The van der Waals surface area contributed by atoms with Gasteiger partial charge < -0.3 is 14.8 Å². The molecule has 0 aromatic heterocycles. The second-order valence-corrected chi connectivity index (χ2v) is 4.47. The Labute approximate surface area is 101 Å². The average molecular weight is 235 g/mol. The van der Waals surface area contributed by atoms with E-state index in [2.05, 4.69) is 5.32 Å². The van der Waals surface area contributed by atoms with Crippen LogP contribution in [0.4, 0.5) is 5.69 Å². The van der Waals surface area contributed by atoms with Crippen LogP contribution in [0, 0.1) is 0 Å². The Hall–Kier alpha value is -1.71. The third kappa shape index (κ3) is 2.07. The number of carbonyl (C=O) groups is 1. The molecule has 17 heavy (non-hydrogen) atoms. The Morgan fingerprint density at radius 3 is 2.82 bits per heavy atom. The SMILES string of the molecule is COC(=O)C1(C)CCc2ccc(OC)cc2N1. The van der Waals surface area contributed by atoms with Gasteiger partial charge in [-0.2, -0.15) is 0 Å². The highest BCUT2D eigenvalue weighted by Crippen LogP contribution is 2.33. The molecule has 1 aromatic rings. The predicted molar refractivity (Wildman–Crippen MR) is 65.4 cm³/mol. The van der Waals surface area contributed by atoms with Crippen molar-refractivity contribution in [1.29, 1.82) is 0 Å². The number of benzene rings is 1. The first kappa shape index (κ1) is 11.8. The van der Waals surface area contributed by atoms with Gasteiger partial charge >= 0.3 is 5.97 Å². The van der Waals surface area contributed by atoms with Crippen LogP contribution < -0.4 is 10.1 Å². The summed E-state index contributed by atoms with van der Waals surface area (Å²) in [7, 11) is 3.04. The topological polar surface area (TPSA) is 47.6 Å². The number of esters is 1. The molecule has 4 nitrogen and oxygen atoms in total. The first-order chi connectivity index (χ1) is 8.09. The minimum absolute atomic E-state index is 0.231. The number of anilines is 1. The normalized spacial score (nSPS) is 22.3. The Balaban J connectivity index is 2.31. The number of nitrogens with one attached hydrogen (secondary N) is 1. The molecule has 0 saturated heterocycles. The van der Waals surface area contributed by atoms with E-state index in [9.17, 15) is 4.79 Å². The van der Waals surface area contributed by atoms with Gasteiger partial charge in [-0.05, 0) is 31.4 Å². The molecule has 0 radical (unpaired) electrons. The minimum Gasteiger partial charge on any atom is -0.497 e. The standard InChI is InChI=1S/C13H17NO3/c1-13(12(15)17-3)7-6-9-4-5-10(16-2)8-11(9)14-13/h4-5,8,14H,6-7H2,1-3H3. The lowest BCUT2D eigenvalue weighted by Gasteiger charge is -2.34. The molecule has 1 unspecified atom stereocenters. The van der Waals surface area contributed by atoms with Gasteiger partial charge in [-0.25, -0.2) is 4.79 Å². The van der Waals surface area contributed by atoms with Crippen LogP contribution in [0.5, 0.6) is 5.75 Å². The van der Waals surface area contributed by atoms with Crippen LogP contribution in [-0.2, 0) is 16.0 Å². The van der Waals surface area contributed by atoms with Gasteiger partial charge in [0.1, 0.15) is 11.3 Å². The zero-order chi connectivity index (χ0) is 12.5. The molecule has 1 aromatic carbocycles. The van der Waals surface area contributed by atoms with Crippen molar-refractivity contribution >= 4 is 11.7 Å². The summed E-state index contributed by atoms with van der Waals surface area (Å²) in [4.78, 5) is 11.7. The second kappa shape index (κ2) is 4.28. The molecule has 1 N–H and O–H groups in total. The van der Waals surface area contributed by atoms with Gasteiger partial charge in [0.15, 0.2) is 0 Å². The van der Waals surface area contributed by atoms with Crippen molar-refractivity contribution in [1.82, 2.24) is 0 Å². The number of rotatable bonds is 2. The number of ether oxygens (including phenoxy) is 2. The van der Waals surface area contributed by atoms with Gasteiger partial charge in [0.05, 0.1) is 14.2 Å². The van der Waals surface area contributed by atoms with Crippen LogP contribution >= 0.6 is 0 Å². The highest BCUT2D eigenvalue weighted by molar-refractivity contribution is 5.85. The lowest BCUT2D eigenvalue weighted by Crippen LogP contribution is -2.46. The van der Waals surface area contributed by atoms with Crippen molar-refractivity contribution in [2.75, 3.05) is 19.5 Å². The maximum atomic E-state index is 11.7. The van der Waals surface area contributed by atoms with Crippen LogP contribution in [0.1, 0.15) is 18.9 Å². The summed E-state index contributed by atoms with van der Waals surface area (Å²) in [6.07, 6.45) is 1.59. The fourth-order valence-electron chi connectivity index (χ4n) is 2.14. The lowest BCUT2D eigenvalue weighted by molar-refractivity contribution is -0.145. The average Bonchev–Trinajstić information content (AvgIpc) is 2.36. The molecular weight excluding hydrogens is 218 g/mol. The Kier molecular flexibility index (Phi) is 2.96. The highest BCUT2D eigenvalue weighted by atomic mass is 16.5. The number of hydrogen-bond donors (Lipinski definition) is 1. The molecule has 0 spiro atoms. The molecule has 0 amide bonds. The van der Waals surface area contributed by atoms with Crippen LogP contribution in [0.15, 0.2) is 18.2 Å². The number of fused-ring (bicyclic) bond motifs is 1. The maximum absolute atomic E-state index is 11.7. The highest BCUT2D eigenvalue weighted by Gasteiger charge is 2.37. The van der Waals surface area contributed by atoms with Crippen LogP contribution in [0.25, 0.3) is 0 Å². The van der Waals surface area contributed by atoms with Crippen molar-refractivity contribution < 1.29 is 14.3 Å².